The first-order valence-electron chi connectivity index (χ1n) is 4.51. The molecule has 2 bridgehead atoms. The molecule has 0 radical (unpaired) electrons. The average Bonchev–Trinajstić information content (AvgIpc) is 2.79. The highest BCUT2D eigenvalue weighted by molar-refractivity contribution is 6.31. The molecule has 0 spiro atoms. The molecular formula is C11H9ClO2. The van der Waals surface area contributed by atoms with Gasteiger partial charge in [0.15, 0.2) is 0 Å². The van der Waals surface area contributed by atoms with Crippen molar-refractivity contribution in [3.8, 4) is 5.75 Å². The van der Waals surface area contributed by atoms with E-state index in [1.807, 2.05) is 24.3 Å². The van der Waals surface area contributed by atoms with E-state index in [0.717, 1.165) is 21.9 Å². The van der Waals surface area contributed by atoms with Crippen molar-refractivity contribution in [1.29, 1.82) is 0 Å². The molecule has 0 aromatic heterocycles. The lowest BCUT2D eigenvalue weighted by Crippen LogP contribution is -1.98. The van der Waals surface area contributed by atoms with Crippen LogP contribution >= 0.6 is 11.6 Å². The van der Waals surface area contributed by atoms with Gasteiger partial charge in [0.05, 0.1) is 7.11 Å². The topological polar surface area (TPSA) is 18.5 Å². The number of halogens is 1. The molecule has 2 heterocycles. The van der Waals surface area contributed by atoms with Gasteiger partial charge in [-0.2, -0.15) is 0 Å². The maximum atomic E-state index is 6.12. The first-order valence-corrected chi connectivity index (χ1v) is 4.89. The average molecular weight is 209 g/mol. The van der Waals surface area contributed by atoms with E-state index in [-0.39, 0.29) is 12.2 Å². The minimum absolute atomic E-state index is 0.0256. The summed E-state index contributed by atoms with van der Waals surface area (Å²) in [5.74, 6) is 0.862. The second-order valence-electron chi connectivity index (χ2n) is 3.44. The Morgan fingerprint density at radius 2 is 1.93 bits per heavy atom. The molecular weight excluding hydrogens is 200 g/mol. The minimum atomic E-state index is 0.0256. The molecule has 0 saturated heterocycles. The van der Waals surface area contributed by atoms with E-state index in [4.69, 9.17) is 21.1 Å². The monoisotopic (exact) mass is 208 g/mol. The first-order chi connectivity index (χ1) is 6.81. The molecule has 2 unspecified atom stereocenters. The van der Waals surface area contributed by atoms with E-state index in [9.17, 15) is 0 Å². The van der Waals surface area contributed by atoms with Gasteiger partial charge in [0, 0.05) is 16.1 Å². The first kappa shape index (κ1) is 8.33. The molecule has 3 heteroatoms. The van der Waals surface area contributed by atoms with Crippen molar-refractivity contribution in [2.45, 2.75) is 12.2 Å². The number of benzene rings is 1. The summed E-state index contributed by atoms with van der Waals surface area (Å²) in [6.07, 6.45) is 4.14. The largest absolute Gasteiger partial charge is 0.496 e. The van der Waals surface area contributed by atoms with Crippen LogP contribution in [-0.2, 0) is 4.74 Å². The van der Waals surface area contributed by atoms with Crippen molar-refractivity contribution in [3.63, 3.8) is 0 Å². The van der Waals surface area contributed by atoms with Gasteiger partial charge in [-0.25, -0.2) is 0 Å². The Morgan fingerprint density at radius 1 is 1.21 bits per heavy atom. The zero-order chi connectivity index (χ0) is 9.71. The van der Waals surface area contributed by atoms with E-state index in [0.29, 0.717) is 0 Å². The molecule has 0 N–H and O–H groups in total. The quantitative estimate of drug-likeness (QED) is 0.661. The van der Waals surface area contributed by atoms with Gasteiger partial charge in [-0.05, 0) is 12.1 Å². The van der Waals surface area contributed by atoms with Crippen LogP contribution in [0.25, 0.3) is 0 Å². The van der Waals surface area contributed by atoms with Crippen LogP contribution in [-0.4, -0.2) is 7.11 Å². The van der Waals surface area contributed by atoms with Crippen molar-refractivity contribution >= 4 is 11.6 Å². The van der Waals surface area contributed by atoms with Crippen molar-refractivity contribution in [3.05, 3.63) is 40.4 Å². The SMILES string of the molecule is COc1ccc(Cl)c2c1C1C=CC2O1. The van der Waals surface area contributed by atoms with E-state index in [2.05, 4.69) is 0 Å². The molecule has 0 fully saturated rings. The zero-order valence-corrected chi connectivity index (χ0v) is 8.41. The predicted molar refractivity (Wildman–Crippen MR) is 53.7 cm³/mol. The maximum Gasteiger partial charge on any atom is 0.125 e. The third kappa shape index (κ3) is 0.900. The summed E-state index contributed by atoms with van der Waals surface area (Å²) in [6.45, 7) is 0. The van der Waals surface area contributed by atoms with Gasteiger partial charge in [-0.1, -0.05) is 23.8 Å². The third-order valence-corrected chi connectivity index (χ3v) is 3.07. The van der Waals surface area contributed by atoms with Crippen LogP contribution in [0.3, 0.4) is 0 Å². The number of hydrogen-bond donors (Lipinski definition) is 0. The number of ether oxygens (including phenoxy) is 2. The lowest BCUT2D eigenvalue weighted by atomic mass is 9.96. The van der Waals surface area contributed by atoms with E-state index >= 15 is 0 Å². The normalized spacial score (nSPS) is 26.7. The second-order valence-corrected chi connectivity index (χ2v) is 3.85. The molecule has 2 aliphatic rings. The molecule has 2 aliphatic heterocycles. The van der Waals surface area contributed by atoms with E-state index < -0.39 is 0 Å². The highest BCUT2D eigenvalue weighted by atomic mass is 35.5. The summed E-state index contributed by atoms with van der Waals surface area (Å²) >= 11 is 6.12. The lowest BCUT2D eigenvalue weighted by molar-refractivity contribution is 0.0870. The van der Waals surface area contributed by atoms with Crippen LogP contribution in [0.1, 0.15) is 23.3 Å². The summed E-state index contributed by atoms with van der Waals surface area (Å²) < 4.78 is 11.0. The Labute approximate surface area is 87.1 Å². The fourth-order valence-corrected chi connectivity index (χ4v) is 2.40. The van der Waals surface area contributed by atoms with Gasteiger partial charge in [0.1, 0.15) is 18.0 Å². The summed E-state index contributed by atoms with van der Waals surface area (Å²) in [4.78, 5) is 0. The molecule has 3 rings (SSSR count). The smallest absolute Gasteiger partial charge is 0.125 e. The number of methoxy groups -OCH3 is 1. The van der Waals surface area contributed by atoms with Crippen LogP contribution < -0.4 is 4.74 Å². The summed E-state index contributed by atoms with van der Waals surface area (Å²) in [5, 5.41) is 0.762. The van der Waals surface area contributed by atoms with Gasteiger partial charge >= 0.3 is 0 Å². The Kier molecular flexibility index (Phi) is 1.64. The Hall–Kier alpha value is -0.990. The van der Waals surface area contributed by atoms with Gasteiger partial charge in [0.2, 0.25) is 0 Å². The van der Waals surface area contributed by atoms with Crippen LogP contribution in [0.4, 0.5) is 0 Å². The predicted octanol–water partition coefficient (Wildman–Crippen LogP) is 3.03. The molecule has 2 atom stereocenters. The third-order valence-electron chi connectivity index (χ3n) is 2.74. The Balaban J connectivity index is 2.27. The van der Waals surface area contributed by atoms with Crippen LogP contribution in [0.5, 0.6) is 5.75 Å². The minimum Gasteiger partial charge on any atom is -0.496 e. The molecule has 1 aromatic carbocycles. The highest BCUT2D eigenvalue weighted by Gasteiger charge is 2.37. The summed E-state index contributed by atoms with van der Waals surface area (Å²) in [5.41, 5.74) is 2.16. The standard InChI is InChI=1S/C11H9ClO2/c1-13-7-3-2-6(12)10-8-4-5-9(14-8)11(7)10/h2-5,8-9H,1H3. The summed E-state index contributed by atoms with van der Waals surface area (Å²) in [6, 6.07) is 3.75. The van der Waals surface area contributed by atoms with Crippen molar-refractivity contribution in [2.24, 2.45) is 0 Å². The zero-order valence-electron chi connectivity index (χ0n) is 7.66. The Morgan fingerprint density at radius 3 is 2.64 bits per heavy atom. The van der Waals surface area contributed by atoms with Crippen molar-refractivity contribution < 1.29 is 9.47 Å². The molecule has 2 nitrogen and oxygen atoms in total. The maximum absolute atomic E-state index is 6.12. The highest BCUT2D eigenvalue weighted by Crippen LogP contribution is 2.51. The molecule has 0 saturated carbocycles. The summed E-state index contributed by atoms with van der Waals surface area (Å²) in [7, 11) is 1.67. The molecule has 72 valence electrons. The van der Waals surface area contributed by atoms with Crippen molar-refractivity contribution in [1.82, 2.24) is 0 Å². The van der Waals surface area contributed by atoms with E-state index in [1.54, 1.807) is 7.11 Å². The molecule has 0 aliphatic carbocycles. The second kappa shape index (κ2) is 2.75. The lowest BCUT2D eigenvalue weighted by Gasteiger charge is -2.12. The van der Waals surface area contributed by atoms with Gasteiger partial charge < -0.3 is 9.47 Å². The van der Waals surface area contributed by atoms with Gasteiger partial charge in [-0.3, -0.25) is 0 Å². The molecule has 14 heavy (non-hydrogen) atoms. The Bertz CT molecular complexity index is 426. The molecule has 0 amide bonds. The van der Waals surface area contributed by atoms with Gasteiger partial charge in [0.25, 0.3) is 0 Å². The van der Waals surface area contributed by atoms with Crippen LogP contribution in [0, 0.1) is 0 Å². The van der Waals surface area contributed by atoms with Gasteiger partial charge in [-0.15, -0.1) is 0 Å². The number of fused-ring (bicyclic) bond motifs is 5. The van der Waals surface area contributed by atoms with Crippen LogP contribution in [0.15, 0.2) is 24.3 Å². The van der Waals surface area contributed by atoms with Crippen molar-refractivity contribution in [2.75, 3.05) is 7.11 Å². The number of rotatable bonds is 1. The molecule has 1 aromatic rings. The van der Waals surface area contributed by atoms with E-state index in [1.165, 1.54) is 0 Å². The van der Waals surface area contributed by atoms with Crippen LogP contribution in [0.2, 0.25) is 5.02 Å². The fraction of sp³-hybridized carbons (Fsp3) is 0.273. The fourth-order valence-electron chi connectivity index (χ4n) is 2.13. The number of hydrogen-bond acceptors (Lipinski definition) is 2.